The van der Waals surface area contributed by atoms with Gasteiger partial charge in [0.15, 0.2) is 0 Å². The fraction of sp³-hybridized carbons (Fsp3) is 0.840. The molecule has 8 rings (SSSR count). The molecule has 4 heterocycles. The van der Waals surface area contributed by atoms with E-state index in [0.717, 1.165) is 51.4 Å². The van der Waals surface area contributed by atoms with Crippen LogP contribution in [0.2, 0.25) is 0 Å². The van der Waals surface area contributed by atoms with E-state index >= 15 is 52.7 Å². The highest BCUT2D eigenvalue weighted by molar-refractivity contribution is 6.21. The molecule has 24 nitrogen and oxygen atoms in total. The quantitative estimate of drug-likeness (QED) is 0.160. The zero-order valence-electron chi connectivity index (χ0n) is 63.4. The van der Waals surface area contributed by atoms with Crippen molar-refractivity contribution in [1.82, 2.24) is 60.0 Å². The smallest absolute Gasteiger partial charge is 0.343 e. The molecule has 4 saturated heterocycles. The second-order valence-corrected chi connectivity index (χ2v) is 33.1. The lowest BCUT2D eigenvalue weighted by Crippen LogP contribution is -2.65. The predicted molar refractivity (Wildman–Crippen MR) is 382 cm³/mol. The molecule has 13 atom stereocenters. The van der Waals surface area contributed by atoms with E-state index in [-0.39, 0.29) is 114 Å². The number of halogens is 4. The fourth-order valence-corrected chi connectivity index (χ4v) is 17.8. The van der Waals surface area contributed by atoms with Crippen LogP contribution < -0.4 is 16.0 Å². The Morgan fingerprint density at radius 3 is 1.73 bits per heavy atom. The van der Waals surface area contributed by atoms with Gasteiger partial charge in [0.1, 0.15) is 59.9 Å². The van der Waals surface area contributed by atoms with E-state index in [1.54, 1.807) is 18.7 Å². The molecule has 0 radical (unpaired) electrons. The second-order valence-electron chi connectivity index (χ2n) is 32.6. The van der Waals surface area contributed by atoms with Crippen molar-refractivity contribution in [1.29, 1.82) is 0 Å². The Balaban J connectivity index is 1.17. The maximum absolute atomic E-state index is 15.5. The van der Waals surface area contributed by atoms with Gasteiger partial charge in [0, 0.05) is 73.8 Å². The van der Waals surface area contributed by atoms with Gasteiger partial charge in [0.25, 0.3) is 0 Å². The summed E-state index contributed by atoms with van der Waals surface area (Å²) >= 11 is 6.42. The summed E-state index contributed by atoms with van der Waals surface area (Å²) in [7, 11) is 8.84. The van der Waals surface area contributed by atoms with Crippen LogP contribution in [0.25, 0.3) is 0 Å². The van der Waals surface area contributed by atoms with Gasteiger partial charge in [-0.2, -0.15) is 13.2 Å². The number of piperidine rings is 1. The number of likely N-dealkylation sites (tertiary alicyclic amines) is 1. The number of nitrogens with zero attached hydrogens (tertiary/aromatic N) is 9. The molecule has 580 valence electrons. The van der Waals surface area contributed by atoms with Crippen molar-refractivity contribution >= 4 is 82.5 Å². The summed E-state index contributed by atoms with van der Waals surface area (Å²) < 4.78 is 42.1. The molecule has 4 aliphatic heterocycles. The molecule has 28 heteroatoms. The van der Waals surface area contributed by atoms with Gasteiger partial charge in [0.2, 0.25) is 70.9 Å². The summed E-state index contributed by atoms with van der Waals surface area (Å²) in [5.74, 6) is -10.3. The number of fused-ring (bicyclic) bond motifs is 2. The number of amides is 12. The van der Waals surface area contributed by atoms with E-state index in [2.05, 4.69) is 16.0 Å². The van der Waals surface area contributed by atoms with Crippen LogP contribution in [0.1, 0.15) is 215 Å². The van der Waals surface area contributed by atoms with Gasteiger partial charge >= 0.3 is 6.18 Å². The summed E-state index contributed by atoms with van der Waals surface area (Å²) in [6, 6.07) is -10.7. The van der Waals surface area contributed by atoms with Crippen LogP contribution in [0.3, 0.4) is 0 Å². The molecule has 103 heavy (non-hydrogen) atoms. The zero-order valence-corrected chi connectivity index (χ0v) is 64.1. The SMILES string of the molecule is CC[C@H](C)[C@@H]1NC(=O)[C@H](CC(C)C)N(C)C(=O)C[C@@H](C(=O)N2CCCCC2)N(C)C(=O)[C@H](C(C)C)N(C)C(=O)C2(CCCC2)NC(=O)[C@@H]2CCCN2C(=O)[C@H](CCC2CCC(C(F)(F)F)C(Cl)C2)NC(=O)CN(C)C(=O)[C@H](CC2CCCCC2)N(C)C(=O)[C@@H]2CCN2C(=O)[C@H](CC2CC2)N(C)C1=O. The zero-order chi connectivity index (χ0) is 75.7. The van der Waals surface area contributed by atoms with Gasteiger partial charge in [-0.1, -0.05) is 106 Å². The lowest BCUT2D eigenvalue weighted by molar-refractivity contribution is -0.182. The van der Waals surface area contributed by atoms with E-state index in [1.165, 1.54) is 81.5 Å². The van der Waals surface area contributed by atoms with Crippen LogP contribution in [-0.2, 0) is 57.5 Å². The number of nitrogens with one attached hydrogen (secondary N) is 3. The van der Waals surface area contributed by atoms with Crippen molar-refractivity contribution in [3.8, 4) is 0 Å². The first kappa shape index (κ1) is 82.4. The van der Waals surface area contributed by atoms with Crippen molar-refractivity contribution in [2.45, 2.75) is 286 Å². The van der Waals surface area contributed by atoms with Crippen LogP contribution in [-0.4, -0.2) is 261 Å². The standard InChI is InChI=1S/C75H120ClF3N12O12/c1-13-47(6)62-71(101)86(10)58(42-50-26-27-50)70(100)91-38-32-55(91)68(98)85(9)57(41-48-23-16-14-17-24-48)67(97)83(7)44-60(92)80-53(31-29-49-28-30-51(52(76)40-49)75(77,78)79)66(96)90-37-22-25-54(90)65(95)82-74(33-18-19-34-74)73(103)88(12)63(46(4)5)72(102)87(11)59(69(99)89-35-20-15-21-36-89)43-61(93)84(8)56(39-45(2)3)64(94)81-62/h45-59,62-63H,13-44H2,1-12H3,(H,80,92)(H,81,94)(H,82,95)/t47-,49?,51?,52?,53-,54-,55-,56-,57-,58-,59-,62-,63-/m0/s1. The summed E-state index contributed by atoms with van der Waals surface area (Å²) in [4.78, 5) is 194. The lowest BCUT2D eigenvalue weighted by Gasteiger charge is -2.46. The Morgan fingerprint density at radius 2 is 1.16 bits per heavy atom. The minimum atomic E-state index is -4.51. The van der Waals surface area contributed by atoms with Gasteiger partial charge in [-0.05, 0) is 138 Å². The molecule has 0 aromatic rings. The van der Waals surface area contributed by atoms with Crippen LogP contribution in [0, 0.1) is 41.4 Å². The van der Waals surface area contributed by atoms with E-state index in [1.807, 2.05) is 27.7 Å². The number of likely N-dealkylation sites (N-methyl/N-ethyl adjacent to an activating group) is 6. The minimum Gasteiger partial charge on any atom is -0.343 e. The third kappa shape index (κ3) is 19.9. The summed E-state index contributed by atoms with van der Waals surface area (Å²) in [6.07, 6.45) is 6.61. The van der Waals surface area contributed by atoms with Gasteiger partial charge in [0.05, 0.1) is 18.9 Å². The molecule has 0 aromatic carbocycles. The van der Waals surface area contributed by atoms with Gasteiger partial charge in [-0.25, -0.2) is 0 Å². The van der Waals surface area contributed by atoms with E-state index in [0.29, 0.717) is 51.6 Å². The third-order valence-electron chi connectivity index (χ3n) is 24.3. The molecular weight excluding hydrogens is 1350 g/mol. The fourth-order valence-electron chi connectivity index (χ4n) is 17.3. The molecule has 0 aromatic heterocycles. The highest BCUT2D eigenvalue weighted by Gasteiger charge is 2.53. The highest BCUT2D eigenvalue weighted by Crippen LogP contribution is 2.44. The summed E-state index contributed by atoms with van der Waals surface area (Å²) in [5.41, 5.74) is -1.56. The number of hydrogen-bond acceptors (Lipinski definition) is 12. The maximum Gasteiger partial charge on any atom is 0.393 e. The largest absolute Gasteiger partial charge is 0.393 e. The Kier molecular flexibility index (Phi) is 28.7. The minimum absolute atomic E-state index is 0.00305. The van der Waals surface area contributed by atoms with Crippen LogP contribution in [0.15, 0.2) is 0 Å². The summed E-state index contributed by atoms with van der Waals surface area (Å²) in [6.45, 7) is 11.4. The van der Waals surface area contributed by atoms with Crippen LogP contribution >= 0.6 is 11.6 Å². The normalized spacial score (nSPS) is 31.2. The summed E-state index contributed by atoms with van der Waals surface area (Å²) in [5, 5.41) is 7.71. The maximum atomic E-state index is 15.5. The van der Waals surface area contributed by atoms with E-state index in [9.17, 15) is 18.0 Å². The molecule has 4 saturated carbocycles. The van der Waals surface area contributed by atoms with Crippen molar-refractivity contribution < 1.29 is 70.7 Å². The third-order valence-corrected chi connectivity index (χ3v) is 24.8. The van der Waals surface area contributed by atoms with Crippen LogP contribution in [0.5, 0.6) is 0 Å². The van der Waals surface area contributed by atoms with Crippen molar-refractivity contribution in [2.24, 2.45) is 41.4 Å². The van der Waals surface area contributed by atoms with E-state index in [4.69, 9.17) is 11.6 Å². The second kappa shape index (κ2) is 35.9. The first-order valence-electron chi connectivity index (χ1n) is 38.7. The molecule has 12 amide bonds. The Hall–Kier alpha value is -6.28. The molecule has 0 bridgehead atoms. The number of carbonyl (C=O) groups is 12. The molecule has 8 fully saturated rings. The monoisotopic (exact) mass is 1470 g/mol. The average Bonchev–Trinajstić information content (AvgIpc) is 1.76. The molecule has 3 N–H and O–H groups in total. The first-order chi connectivity index (χ1) is 48.6. The average molecular weight is 1470 g/mol. The first-order valence-corrected chi connectivity index (χ1v) is 39.1. The Bertz CT molecular complexity index is 3050. The van der Waals surface area contributed by atoms with Crippen molar-refractivity contribution in [3.63, 3.8) is 0 Å². The predicted octanol–water partition coefficient (Wildman–Crippen LogP) is 6.87. The molecule has 4 aliphatic carbocycles. The molecule has 1 spiro atoms. The van der Waals surface area contributed by atoms with Gasteiger partial charge in [-0.3, -0.25) is 57.5 Å². The molecule has 8 aliphatic rings. The lowest BCUT2D eigenvalue weighted by atomic mass is 9.78. The van der Waals surface area contributed by atoms with Gasteiger partial charge in [-0.15, -0.1) is 11.6 Å². The molecule has 3 unspecified atom stereocenters. The number of rotatable bonds is 13. The number of hydrogen-bond donors (Lipinski definition) is 3. The number of alkyl halides is 4. The molecular formula is C75H120ClF3N12O12. The van der Waals surface area contributed by atoms with Crippen molar-refractivity contribution in [2.75, 3.05) is 75.0 Å². The Morgan fingerprint density at radius 1 is 0.563 bits per heavy atom. The van der Waals surface area contributed by atoms with E-state index < -0.39 is 173 Å². The van der Waals surface area contributed by atoms with Crippen LogP contribution in [0.4, 0.5) is 13.2 Å². The van der Waals surface area contributed by atoms with Gasteiger partial charge < -0.3 is 60.0 Å². The number of carbonyl (C=O) groups excluding carboxylic acids is 12. The van der Waals surface area contributed by atoms with Crippen molar-refractivity contribution in [3.05, 3.63) is 0 Å². The highest BCUT2D eigenvalue weighted by atomic mass is 35.5. The Labute approximate surface area is 613 Å². The topological polar surface area (TPSA) is 270 Å².